The third-order valence-electron chi connectivity index (χ3n) is 3.59. The summed E-state index contributed by atoms with van der Waals surface area (Å²) in [7, 11) is 0. The highest BCUT2D eigenvalue weighted by Crippen LogP contribution is 2.24. The van der Waals surface area contributed by atoms with Gasteiger partial charge in [0.25, 0.3) is 0 Å². The molecule has 0 saturated heterocycles. The van der Waals surface area contributed by atoms with Gasteiger partial charge in [-0.1, -0.05) is 35.4 Å². The second-order valence-electron chi connectivity index (χ2n) is 5.39. The molecule has 24 heavy (non-hydrogen) atoms. The van der Waals surface area contributed by atoms with Crippen LogP contribution in [0.4, 0.5) is 5.95 Å². The number of tetrazole rings is 1. The molecule has 3 aromatic rings. The molecule has 1 atom stereocenters. The lowest BCUT2D eigenvalue weighted by molar-refractivity contribution is 0.199. The molecule has 2 heterocycles. The SMILES string of the molecule is C=CCn1nnnc1NCc1ccc(-c2ccc([C@H](C)O)cc2)o1. The summed E-state index contributed by atoms with van der Waals surface area (Å²) >= 11 is 0. The zero-order valence-corrected chi connectivity index (χ0v) is 13.4. The summed E-state index contributed by atoms with van der Waals surface area (Å²) in [5.74, 6) is 2.11. The number of benzene rings is 1. The van der Waals surface area contributed by atoms with Crippen LogP contribution in [0.3, 0.4) is 0 Å². The maximum Gasteiger partial charge on any atom is 0.243 e. The topological polar surface area (TPSA) is 89.0 Å². The summed E-state index contributed by atoms with van der Waals surface area (Å²) in [6.45, 7) is 6.42. The standard InChI is InChI=1S/C17H19N5O2/c1-3-10-22-17(19-20-21-22)18-11-15-8-9-16(24-15)14-6-4-13(5-7-14)12(2)23/h3-9,12,23H,1,10-11H2,2H3,(H,18,19,21)/t12-/m0/s1. The van der Waals surface area contributed by atoms with Crippen molar-refractivity contribution in [1.29, 1.82) is 0 Å². The van der Waals surface area contributed by atoms with Crippen molar-refractivity contribution in [3.63, 3.8) is 0 Å². The molecule has 0 amide bonds. The average Bonchev–Trinajstić information content (AvgIpc) is 3.23. The fourth-order valence-electron chi connectivity index (χ4n) is 2.30. The van der Waals surface area contributed by atoms with E-state index >= 15 is 0 Å². The Morgan fingerprint density at radius 3 is 2.79 bits per heavy atom. The van der Waals surface area contributed by atoms with Crippen LogP contribution in [-0.4, -0.2) is 25.3 Å². The minimum absolute atomic E-state index is 0.475. The molecule has 7 nitrogen and oxygen atoms in total. The van der Waals surface area contributed by atoms with Crippen molar-refractivity contribution in [2.24, 2.45) is 0 Å². The van der Waals surface area contributed by atoms with Crippen LogP contribution in [0, 0.1) is 0 Å². The highest BCUT2D eigenvalue weighted by atomic mass is 16.3. The molecule has 0 saturated carbocycles. The molecule has 0 aliphatic heterocycles. The van der Waals surface area contributed by atoms with Gasteiger partial charge in [0.05, 0.1) is 19.2 Å². The number of furan rings is 1. The predicted octanol–water partition coefficient (Wildman–Crippen LogP) is 2.78. The van der Waals surface area contributed by atoms with Gasteiger partial charge in [-0.05, 0) is 35.0 Å². The minimum atomic E-state index is -0.475. The van der Waals surface area contributed by atoms with E-state index in [0.717, 1.165) is 22.6 Å². The van der Waals surface area contributed by atoms with Gasteiger partial charge in [-0.15, -0.1) is 6.58 Å². The number of anilines is 1. The third kappa shape index (κ3) is 3.52. The van der Waals surface area contributed by atoms with Gasteiger partial charge < -0.3 is 14.8 Å². The summed E-state index contributed by atoms with van der Waals surface area (Å²) in [4.78, 5) is 0. The molecule has 124 valence electrons. The molecule has 0 radical (unpaired) electrons. The van der Waals surface area contributed by atoms with E-state index < -0.39 is 6.10 Å². The van der Waals surface area contributed by atoms with Gasteiger partial charge in [0.15, 0.2) is 0 Å². The Kier molecular flexibility index (Phi) is 4.72. The number of aliphatic hydroxyl groups excluding tert-OH is 1. The fourth-order valence-corrected chi connectivity index (χ4v) is 2.30. The number of allylic oxidation sites excluding steroid dienone is 1. The molecule has 0 bridgehead atoms. The maximum absolute atomic E-state index is 9.55. The van der Waals surface area contributed by atoms with Crippen molar-refractivity contribution < 1.29 is 9.52 Å². The van der Waals surface area contributed by atoms with Crippen LogP contribution >= 0.6 is 0 Å². The lowest BCUT2D eigenvalue weighted by atomic mass is 10.1. The number of nitrogens with one attached hydrogen (secondary N) is 1. The molecule has 2 aromatic heterocycles. The third-order valence-corrected chi connectivity index (χ3v) is 3.59. The monoisotopic (exact) mass is 325 g/mol. The molecule has 2 N–H and O–H groups in total. The first-order valence-corrected chi connectivity index (χ1v) is 7.65. The summed E-state index contributed by atoms with van der Waals surface area (Å²) in [6, 6.07) is 11.5. The van der Waals surface area contributed by atoms with Crippen LogP contribution in [0.15, 0.2) is 53.5 Å². The smallest absolute Gasteiger partial charge is 0.243 e. The normalized spacial score (nSPS) is 12.1. The lowest BCUT2D eigenvalue weighted by Crippen LogP contribution is -2.07. The molecular formula is C17H19N5O2. The van der Waals surface area contributed by atoms with Crippen molar-refractivity contribution >= 4 is 5.95 Å². The van der Waals surface area contributed by atoms with Crippen LogP contribution in [-0.2, 0) is 13.1 Å². The summed E-state index contributed by atoms with van der Waals surface area (Å²) in [6.07, 6.45) is 1.25. The quantitative estimate of drug-likeness (QED) is 0.649. The van der Waals surface area contributed by atoms with E-state index in [-0.39, 0.29) is 0 Å². The summed E-state index contributed by atoms with van der Waals surface area (Å²) in [5.41, 5.74) is 1.84. The van der Waals surface area contributed by atoms with Crippen LogP contribution in [0.25, 0.3) is 11.3 Å². The summed E-state index contributed by atoms with van der Waals surface area (Å²) in [5, 5.41) is 24.1. The van der Waals surface area contributed by atoms with Gasteiger partial charge >= 0.3 is 0 Å². The molecular weight excluding hydrogens is 306 g/mol. The number of nitrogens with zero attached hydrogens (tertiary/aromatic N) is 4. The molecule has 0 spiro atoms. The predicted molar refractivity (Wildman–Crippen MR) is 90.1 cm³/mol. The van der Waals surface area contributed by atoms with Gasteiger partial charge in [0.2, 0.25) is 5.95 Å². The Hall–Kier alpha value is -2.93. The van der Waals surface area contributed by atoms with Crippen molar-refractivity contribution in [3.05, 3.63) is 60.4 Å². The van der Waals surface area contributed by atoms with E-state index in [1.165, 1.54) is 0 Å². The van der Waals surface area contributed by atoms with Gasteiger partial charge in [-0.3, -0.25) is 0 Å². The van der Waals surface area contributed by atoms with E-state index in [9.17, 15) is 5.11 Å². The van der Waals surface area contributed by atoms with Crippen LogP contribution < -0.4 is 5.32 Å². The van der Waals surface area contributed by atoms with E-state index in [2.05, 4.69) is 27.4 Å². The Morgan fingerprint density at radius 1 is 1.29 bits per heavy atom. The fraction of sp³-hybridized carbons (Fsp3) is 0.235. The number of hydrogen-bond donors (Lipinski definition) is 2. The number of hydrogen-bond acceptors (Lipinski definition) is 6. The molecule has 1 aromatic carbocycles. The molecule has 0 aliphatic rings. The second-order valence-corrected chi connectivity index (χ2v) is 5.39. The largest absolute Gasteiger partial charge is 0.459 e. The highest BCUT2D eigenvalue weighted by Gasteiger charge is 2.08. The van der Waals surface area contributed by atoms with Gasteiger partial charge in [0.1, 0.15) is 11.5 Å². The first-order chi connectivity index (χ1) is 11.7. The first kappa shape index (κ1) is 15.9. The second kappa shape index (κ2) is 7.10. The molecule has 0 aliphatic carbocycles. The van der Waals surface area contributed by atoms with Crippen LogP contribution in [0.5, 0.6) is 0 Å². The van der Waals surface area contributed by atoms with Crippen LogP contribution in [0.2, 0.25) is 0 Å². The zero-order chi connectivity index (χ0) is 16.9. The van der Waals surface area contributed by atoms with Crippen molar-refractivity contribution in [2.45, 2.75) is 26.1 Å². The van der Waals surface area contributed by atoms with Crippen LogP contribution in [0.1, 0.15) is 24.4 Å². The van der Waals surface area contributed by atoms with E-state index in [0.29, 0.717) is 19.0 Å². The molecule has 3 rings (SSSR count). The first-order valence-electron chi connectivity index (χ1n) is 7.65. The van der Waals surface area contributed by atoms with Gasteiger partial charge in [-0.2, -0.15) is 0 Å². The number of aromatic nitrogens is 4. The number of rotatable bonds is 7. The molecule has 0 fully saturated rings. The van der Waals surface area contributed by atoms with Crippen molar-refractivity contribution in [3.8, 4) is 11.3 Å². The minimum Gasteiger partial charge on any atom is -0.459 e. The van der Waals surface area contributed by atoms with Crippen molar-refractivity contribution in [1.82, 2.24) is 20.2 Å². The Morgan fingerprint density at radius 2 is 2.08 bits per heavy atom. The Labute approximate surface area is 139 Å². The Bertz CT molecular complexity index is 805. The summed E-state index contributed by atoms with van der Waals surface area (Å²) < 4.78 is 7.46. The van der Waals surface area contributed by atoms with E-state index in [4.69, 9.17) is 4.42 Å². The molecule has 0 unspecified atom stereocenters. The number of aliphatic hydroxyl groups is 1. The lowest BCUT2D eigenvalue weighted by Gasteiger charge is -2.05. The van der Waals surface area contributed by atoms with E-state index in [1.807, 2.05) is 36.4 Å². The van der Waals surface area contributed by atoms with Crippen molar-refractivity contribution in [2.75, 3.05) is 5.32 Å². The van der Waals surface area contributed by atoms with Gasteiger partial charge in [-0.25, -0.2) is 4.68 Å². The average molecular weight is 325 g/mol. The zero-order valence-electron chi connectivity index (χ0n) is 13.4. The molecule has 7 heteroatoms. The maximum atomic E-state index is 9.55. The highest BCUT2D eigenvalue weighted by molar-refractivity contribution is 5.58. The van der Waals surface area contributed by atoms with E-state index in [1.54, 1.807) is 17.7 Å². The van der Waals surface area contributed by atoms with Gasteiger partial charge in [0, 0.05) is 5.56 Å². The Balaban J connectivity index is 1.67.